The van der Waals surface area contributed by atoms with Crippen molar-refractivity contribution in [3.63, 3.8) is 0 Å². The fourth-order valence-electron chi connectivity index (χ4n) is 4.18. The van der Waals surface area contributed by atoms with Gasteiger partial charge in [0.2, 0.25) is 0 Å². The van der Waals surface area contributed by atoms with Crippen molar-refractivity contribution in [1.29, 1.82) is 0 Å². The summed E-state index contributed by atoms with van der Waals surface area (Å²) in [6.07, 6.45) is 2.90. The molecule has 0 N–H and O–H groups in total. The third-order valence-corrected chi connectivity index (χ3v) is 5.69. The minimum atomic E-state index is 0.0586. The molecule has 0 saturated carbocycles. The normalized spacial score (nSPS) is 19.3. The highest BCUT2D eigenvalue weighted by Crippen LogP contribution is 2.36. The maximum absolute atomic E-state index is 12.9. The van der Waals surface area contributed by atoms with E-state index in [0.29, 0.717) is 13.1 Å². The SMILES string of the molecule is COc1ccc(C2CCCN2CC(=O)N2CCC(c3ccccc3)=N2)cc1OC. The van der Waals surface area contributed by atoms with Crippen molar-refractivity contribution in [2.45, 2.75) is 25.3 Å². The zero-order chi connectivity index (χ0) is 20.2. The molecule has 2 aliphatic heterocycles. The predicted octanol–water partition coefficient (Wildman–Crippen LogP) is 3.48. The first-order valence-electron chi connectivity index (χ1n) is 10.1. The van der Waals surface area contributed by atoms with Crippen molar-refractivity contribution in [1.82, 2.24) is 9.91 Å². The van der Waals surface area contributed by atoms with Crippen LogP contribution >= 0.6 is 0 Å². The number of likely N-dealkylation sites (tertiary alicyclic amines) is 1. The van der Waals surface area contributed by atoms with Gasteiger partial charge in [-0.05, 0) is 42.6 Å². The summed E-state index contributed by atoms with van der Waals surface area (Å²) < 4.78 is 10.8. The van der Waals surface area contributed by atoms with Gasteiger partial charge in [0.05, 0.1) is 33.0 Å². The van der Waals surface area contributed by atoms with Gasteiger partial charge >= 0.3 is 0 Å². The number of rotatable bonds is 6. The molecule has 6 nitrogen and oxygen atoms in total. The van der Waals surface area contributed by atoms with Crippen molar-refractivity contribution in [2.75, 3.05) is 33.9 Å². The maximum Gasteiger partial charge on any atom is 0.256 e. The number of hydrazone groups is 1. The van der Waals surface area contributed by atoms with E-state index < -0.39 is 0 Å². The van der Waals surface area contributed by atoms with Gasteiger partial charge in [-0.25, -0.2) is 5.01 Å². The van der Waals surface area contributed by atoms with Crippen LogP contribution in [0.3, 0.4) is 0 Å². The zero-order valence-electron chi connectivity index (χ0n) is 17.0. The molecule has 1 amide bonds. The Morgan fingerprint density at radius 1 is 1.07 bits per heavy atom. The fraction of sp³-hybridized carbons (Fsp3) is 0.391. The molecule has 0 radical (unpaired) electrons. The van der Waals surface area contributed by atoms with Gasteiger partial charge in [0, 0.05) is 12.5 Å². The van der Waals surface area contributed by atoms with E-state index in [1.807, 2.05) is 42.5 Å². The topological polar surface area (TPSA) is 54.4 Å². The Labute approximate surface area is 171 Å². The highest BCUT2D eigenvalue weighted by Gasteiger charge is 2.31. The molecule has 1 atom stereocenters. The minimum absolute atomic E-state index is 0.0586. The van der Waals surface area contributed by atoms with Gasteiger partial charge in [-0.15, -0.1) is 0 Å². The molecular weight excluding hydrogens is 366 g/mol. The maximum atomic E-state index is 12.9. The second-order valence-corrected chi connectivity index (χ2v) is 7.42. The van der Waals surface area contributed by atoms with Gasteiger partial charge in [0.1, 0.15) is 0 Å². The van der Waals surface area contributed by atoms with Gasteiger partial charge in [0.15, 0.2) is 11.5 Å². The first kappa shape index (κ1) is 19.5. The molecule has 1 saturated heterocycles. The van der Waals surface area contributed by atoms with Crippen molar-refractivity contribution >= 4 is 11.6 Å². The summed E-state index contributed by atoms with van der Waals surface area (Å²) in [7, 11) is 3.28. The lowest BCUT2D eigenvalue weighted by atomic mass is 10.0. The second kappa shape index (κ2) is 8.66. The van der Waals surface area contributed by atoms with Gasteiger partial charge in [-0.3, -0.25) is 9.69 Å². The lowest BCUT2D eigenvalue weighted by Gasteiger charge is -2.26. The highest BCUT2D eigenvalue weighted by atomic mass is 16.5. The van der Waals surface area contributed by atoms with Crippen molar-refractivity contribution in [2.24, 2.45) is 5.10 Å². The third-order valence-electron chi connectivity index (χ3n) is 5.69. The van der Waals surface area contributed by atoms with E-state index >= 15 is 0 Å². The number of nitrogens with zero attached hydrogens (tertiary/aromatic N) is 3. The molecule has 29 heavy (non-hydrogen) atoms. The summed E-state index contributed by atoms with van der Waals surface area (Å²) in [5.74, 6) is 1.50. The van der Waals surface area contributed by atoms with Gasteiger partial charge in [-0.1, -0.05) is 36.4 Å². The second-order valence-electron chi connectivity index (χ2n) is 7.42. The molecule has 2 aliphatic rings. The van der Waals surface area contributed by atoms with Crippen molar-refractivity contribution < 1.29 is 14.3 Å². The monoisotopic (exact) mass is 393 g/mol. The van der Waals surface area contributed by atoms with Gasteiger partial charge in [0.25, 0.3) is 5.91 Å². The Morgan fingerprint density at radius 3 is 2.62 bits per heavy atom. The highest BCUT2D eigenvalue weighted by molar-refractivity contribution is 6.02. The molecule has 1 unspecified atom stereocenters. The molecule has 0 bridgehead atoms. The van der Waals surface area contributed by atoms with Crippen LogP contribution in [0.25, 0.3) is 0 Å². The first-order chi connectivity index (χ1) is 14.2. The van der Waals surface area contributed by atoms with Crippen LogP contribution in [0, 0.1) is 0 Å². The Bertz CT molecular complexity index is 897. The molecule has 0 aromatic heterocycles. The molecule has 2 aromatic rings. The Balaban J connectivity index is 1.45. The quantitative estimate of drug-likeness (QED) is 0.754. The number of carbonyl (C=O) groups excluding carboxylic acids is 1. The van der Waals surface area contributed by atoms with Crippen molar-refractivity contribution in [3.05, 3.63) is 59.7 Å². The van der Waals surface area contributed by atoms with Gasteiger partial charge in [-0.2, -0.15) is 5.10 Å². The first-order valence-corrected chi connectivity index (χ1v) is 10.1. The van der Waals surface area contributed by atoms with Crippen LogP contribution in [0.5, 0.6) is 11.5 Å². The van der Waals surface area contributed by atoms with Crippen LogP contribution in [-0.2, 0) is 4.79 Å². The van der Waals surface area contributed by atoms with Crippen LogP contribution in [0.4, 0.5) is 0 Å². The molecule has 0 aliphatic carbocycles. The average Bonchev–Trinajstić information content (AvgIpc) is 3.44. The summed E-state index contributed by atoms with van der Waals surface area (Å²) in [5, 5.41) is 6.22. The number of methoxy groups -OCH3 is 2. The lowest BCUT2D eigenvalue weighted by molar-refractivity contribution is -0.132. The van der Waals surface area contributed by atoms with Crippen LogP contribution in [0.15, 0.2) is 53.6 Å². The van der Waals surface area contributed by atoms with E-state index in [-0.39, 0.29) is 11.9 Å². The number of carbonyl (C=O) groups is 1. The lowest BCUT2D eigenvalue weighted by Crippen LogP contribution is -2.36. The summed E-state index contributed by atoms with van der Waals surface area (Å²) in [5.41, 5.74) is 3.23. The van der Waals surface area contributed by atoms with Crippen LogP contribution in [0.1, 0.15) is 36.4 Å². The summed E-state index contributed by atoms with van der Waals surface area (Å²) in [6.45, 7) is 1.94. The van der Waals surface area contributed by atoms with E-state index in [1.54, 1.807) is 19.2 Å². The fourth-order valence-corrected chi connectivity index (χ4v) is 4.18. The van der Waals surface area contributed by atoms with E-state index in [2.05, 4.69) is 16.1 Å². The van der Waals surface area contributed by atoms with Crippen molar-refractivity contribution in [3.8, 4) is 11.5 Å². The van der Waals surface area contributed by atoms with Crippen LogP contribution in [-0.4, -0.2) is 55.4 Å². The zero-order valence-corrected chi connectivity index (χ0v) is 17.0. The molecule has 152 valence electrons. The van der Waals surface area contributed by atoms with E-state index in [1.165, 1.54) is 0 Å². The largest absolute Gasteiger partial charge is 0.493 e. The molecule has 2 aromatic carbocycles. The third kappa shape index (κ3) is 4.12. The minimum Gasteiger partial charge on any atom is -0.493 e. The molecular formula is C23H27N3O3. The van der Waals surface area contributed by atoms with Gasteiger partial charge < -0.3 is 9.47 Å². The Kier molecular flexibility index (Phi) is 5.81. The molecule has 2 heterocycles. The Morgan fingerprint density at radius 2 is 1.86 bits per heavy atom. The van der Waals surface area contributed by atoms with E-state index in [9.17, 15) is 4.79 Å². The molecule has 1 fully saturated rings. The van der Waals surface area contributed by atoms with Crippen LogP contribution < -0.4 is 9.47 Å². The number of hydrogen-bond donors (Lipinski definition) is 0. The number of hydrogen-bond acceptors (Lipinski definition) is 5. The van der Waals surface area contributed by atoms with E-state index in [0.717, 1.165) is 54.1 Å². The predicted molar refractivity (Wildman–Crippen MR) is 112 cm³/mol. The molecule has 0 spiro atoms. The number of ether oxygens (including phenoxy) is 2. The standard InChI is InChI=1S/C23H27N3O3/c1-28-21-11-10-18(15-22(21)29-2)20-9-6-13-25(20)16-23(27)26-14-12-19(24-26)17-7-4-3-5-8-17/h3-5,7-8,10-11,15,20H,6,9,12-14,16H2,1-2H3. The molecule has 6 heteroatoms. The number of amides is 1. The summed E-state index contributed by atoms with van der Waals surface area (Å²) in [4.78, 5) is 15.2. The van der Waals surface area contributed by atoms with E-state index in [4.69, 9.17) is 9.47 Å². The Hall–Kier alpha value is -2.86. The van der Waals surface area contributed by atoms with Crippen LogP contribution in [0.2, 0.25) is 0 Å². The average molecular weight is 393 g/mol. The number of benzene rings is 2. The molecule has 4 rings (SSSR count). The smallest absolute Gasteiger partial charge is 0.256 e. The summed E-state index contributed by atoms with van der Waals surface area (Å²) in [6, 6.07) is 16.3. The summed E-state index contributed by atoms with van der Waals surface area (Å²) >= 11 is 0.